The summed E-state index contributed by atoms with van der Waals surface area (Å²) in [6, 6.07) is 9.46. The summed E-state index contributed by atoms with van der Waals surface area (Å²) in [7, 11) is 1.19. The van der Waals surface area contributed by atoms with E-state index in [9.17, 15) is 33.6 Å². The molecule has 0 aliphatic carbocycles. The number of benzene rings is 1. The smallest absolute Gasteiger partial charge is 0.350 e. The van der Waals surface area contributed by atoms with Gasteiger partial charge in [0.15, 0.2) is 12.2 Å². The number of carboxylic acids is 2. The molecular weight excluding hydrogens is 616 g/mol. The van der Waals surface area contributed by atoms with Crippen molar-refractivity contribution >= 4 is 53.9 Å². The second kappa shape index (κ2) is 26.2. The SMILES string of the molecule is CC.COC[C@H](OC(=O)[C@H](C)OC(=O)[C@H](CCSC)NC=O)C(=O)O[C@@H](C)C(=O)N[C@@H](CCC(=O)O)C(=O)O.c1ccccc1. The lowest BCUT2D eigenvalue weighted by atomic mass is 10.1. The summed E-state index contributed by atoms with van der Waals surface area (Å²) >= 11 is 1.43. The predicted octanol–water partition coefficient (Wildman–Crippen LogP) is 1.42. The minimum Gasteiger partial charge on any atom is -0.481 e. The zero-order chi connectivity index (χ0) is 34.8. The number of carboxylic acid groups (broad SMARTS) is 2. The van der Waals surface area contributed by atoms with Crippen LogP contribution in [0.4, 0.5) is 0 Å². The molecule has 0 aromatic heterocycles. The van der Waals surface area contributed by atoms with Gasteiger partial charge in [0, 0.05) is 13.5 Å². The Morgan fingerprint density at radius 3 is 1.78 bits per heavy atom. The fourth-order valence-corrected chi connectivity index (χ4v) is 3.40. The highest BCUT2D eigenvalue weighted by atomic mass is 32.2. The van der Waals surface area contributed by atoms with E-state index in [1.165, 1.54) is 25.8 Å². The van der Waals surface area contributed by atoms with Crippen LogP contribution in [0.15, 0.2) is 36.4 Å². The number of rotatable bonds is 19. The molecule has 254 valence electrons. The topological polar surface area (TPSA) is 221 Å². The van der Waals surface area contributed by atoms with Crippen molar-refractivity contribution in [3.8, 4) is 0 Å². The first-order valence-electron chi connectivity index (χ1n) is 13.9. The summed E-state index contributed by atoms with van der Waals surface area (Å²) in [5.41, 5.74) is 0. The van der Waals surface area contributed by atoms with Gasteiger partial charge in [0.2, 0.25) is 12.5 Å². The maximum atomic E-state index is 12.5. The fourth-order valence-electron chi connectivity index (χ4n) is 2.93. The summed E-state index contributed by atoms with van der Waals surface area (Å²) in [5.74, 6) is -6.50. The second-order valence-corrected chi connectivity index (χ2v) is 9.63. The fraction of sp³-hybridized carbons (Fsp3) is 0.552. The number of esters is 3. The maximum Gasteiger partial charge on any atom is 0.350 e. The average Bonchev–Trinajstić information content (AvgIpc) is 3.02. The standard InChI is InChI=1S/C21H32N2O13S.C6H6.C2H6/c1-11(17(27)23-13(18(28)29)5-6-16(25)26)34-21(32)15(9-33-3)36-19(30)12(2)35-20(31)14(22-10-24)7-8-37-4;1-2-4-6-5-3-1;1-2/h10-15H,5-9H2,1-4H3,(H,22,24)(H,23,27)(H,25,26)(H,28,29);1-6H;1-2H3/t11-,12-,13-,14-,15-;;/m0../s1. The van der Waals surface area contributed by atoms with Gasteiger partial charge in [0.25, 0.3) is 5.91 Å². The van der Waals surface area contributed by atoms with Crippen LogP contribution >= 0.6 is 11.8 Å². The number of methoxy groups -OCH3 is 1. The summed E-state index contributed by atoms with van der Waals surface area (Å²) in [6.45, 7) is 5.81. The molecule has 1 aromatic carbocycles. The van der Waals surface area contributed by atoms with Crippen molar-refractivity contribution in [2.75, 3.05) is 25.7 Å². The predicted molar refractivity (Wildman–Crippen MR) is 163 cm³/mol. The molecular formula is C29H44N2O13S. The molecule has 0 heterocycles. The lowest BCUT2D eigenvalue weighted by Gasteiger charge is -2.22. The third-order valence-corrected chi connectivity index (χ3v) is 5.86. The van der Waals surface area contributed by atoms with E-state index in [0.717, 1.165) is 6.92 Å². The Bertz CT molecular complexity index is 1020. The average molecular weight is 661 g/mol. The largest absolute Gasteiger partial charge is 0.481 e. The number of thioether (sulfide) groups is 1. The second-order valence-electron chi connectivity index (χ2n) is 8.64. The molecule has 0 saturated heterocycles. The monoisotopic (exact) mass is 660 g/mol. The van der Waals surface area contributed by atoms with Gasteiger partial charge in [-0.25, -0.2) is 19.2 Å². The highest BCUT2D eigenvalue weighted by Gasteiger charge is 2.33. The first-order chi connectivity index (χ1) is 21.4. The number of amides is 2. The molecule has 0 saturated carbocycles. The van der Waals surface area contributed by atoms with Crippen LogP contribution in [-0.4, -0.2) is 108 Å². The number of carbonyl (C=O) groups excluding carboxylic acids is 5. The van der Waals surface area contributed by atoms with Crippen molar-refractivity contribution < 1.29 is 62.7 Å². The number of nitrogens with one attached hydrogen (secondary N) is 2. The zero-order valence-electron chi connectivity index (χ0n) is 26.3. The molecule has 16 heteroatoms. The Labute approximate surface area is 266 Å². The quantitative estimate of drug-likeness (QED) is 0.0937. The molecule has 2 amide bonds. The Kier molecular flexibility index (Phi) is 25.0. The van der Waals surface area contributed by atoms with E-state index < -0.39 is 85.6 Å². The Hall–Kier alpha value is -4.18. The van der Waals surface area contributed by atoms with Crippen LogP contribution in [0.3, 0.4) is 0 Å². The van der Waals surface area contributed by atoms with E-state index in [1.807, 2.05) is 50.2 Å². The molecule has 0 spiro atoms. The van der Waals surface area contributed by atoms with E-state index in [1.54, 1.807) is 6.26 Å². The number of ether oxygens (including phenoxy) is 4. The van der Waals surface area contributed by atoms with Crippen LogP contribution in [0, 0.1) is 0 Å². The van der Waals surface area contributed by atoms with Crippen LogP contribution in [-0.2, 0) is 52.5 Å². The number of hydrogen-bond donors (Lipinski definition) is 4. The van der Waals surface area contributed by atoms with Gasteiger partial charge in [-0.15, -0.1) is 0 Å². The molecule has 0 unspecified atom stereocenters. The first kappa shape index (κ1) is 43.0. The van der Waals surface area contributed by atoms with E-state index >= 15 is 0 Å². The van der Waals surface area contributed by atoms with Gasteiger partial charge in [-0.3, -0.25) is 14.4 Å². The Morgan fingerprint density at radius 1 is 0.800 bits per heavy atom. The van der Waals surface area contributed by atoms with E-state index in [0.29, 0.717) is 12.2 Å². The summed E-state index contributed by atoms with van der Waals surface area (Å²) in [6.07, 6.45) is -3.25. The van der Waals surface area contributed by atoms with Gasteiger partial charge in [-0.1, -0.05) is 50.2 Å². The van der Waals surface area contributed by atoms with E-state index in [-0.39, 0.29) is 6.42 Å². The molecule has 1 aromatic rings. The van der Waals surface area contributed by atoms with Crippen molar-refractivity contribution in [1.29, 1.82) is 0 Å². The molecule has 0 radical (unpaired) electrons. The third kappa shape index (κ3) is 20.4. The van der Waals surface area contributed by atoms with Gasteiger partial charge >= 0.3 is 29.8 Å². The number of carbonyl (C=O) groups is 7. The van der Waals surface area contributed by atoms with Crippen LogP contribution < -0.4 is 10.6 Å². The van der Waals surface area contributed by atoms with Gasteiger partial charge in [-0.05, 0) is 38.7 Å². The number of aliphatic carboxylic acids is 2. The van der Waals surface area contributed by atoms with Crippen LogP contribution in [0.2, 0.25) is 0 Å². The lowest BCUT2D eigenvalue weighted by molar-refractivity contribution is -0.183. The molecule has 0 aliphatic heterocycles. The minimum absolute atomic E-state index is 0.248. The van der Waals surface area contributed by atoms with Gasteiger partial charge in [-0.2, -0.15) is 11.8 Å². The molecule has 0 bridgehead atoms. The summed E-state index contributed by atoms with van der Waals surface area (Å²) in [5, 5.41) is 22.2. The summed E-state index contributed by atoms with van der Waals surface area (Å²) in [4.78, 5) is 81.9. The maximum absolute atomic E-state index is 12.5. The van der Waals surface area contributed by atoms with Crippen molar-refractivity contribution in [1.82, 2.24) is 10.6 Å². The summed E-state index contributed by atoms with van der Waals surface area (Å²) < 4.78 is 19.8. The van der Waals surface area contributed by atoms with E-state index in [2.05, 4.69) is 10.6 Å². The molecule has 0 aliphatic rings. The van der Waals surface area contributed by atoms with Crippen molar-refractivity contribution in [3.63, 3.8) is 0 Å². The highest BCUT2D eigenvalue weighted by molar-refractivity contribution is 7.98. The van der Waals surface area contributed by atoms with E-state index in [4.69, 9.17) is 29.2 Å². The van der Waals surface area contributed by atoms with Crippen molar-refractivity contribution in [3.05, 3.63) is 36.4 Å². The molecule has 15 nitrogen and oxygen atoms in total. The number of hydrogen-bond acceptors (Lipinski definition) is 12. The van der Waals surface area contributed by atoms with Gasteiger partial charge in [0.05, 0.1) is 6.61 Å². The normalized spacial score (nSPS) is 13.2. The Balaban J connectivity index is 0. The molecule has 45 heavy (non-hydrogen) atoms. The third-order valence-electron chi connectivity index (χ3n) is 5.22. The van der Waals surface area contributed by atoms with Gasteiger partial charge < -0.3 is 39.8 Å². The first-order valence-corrected chi connectivity index (χ1v) is 15.3. The van der Waals surface area contributed by atoms with Crippen LogP contribution in [0.25, 0.3) is 0 Å². The molecule has 0 fully saturated rings. The minimum atomic E-state index is -1.67. The van der Waals surface area contributed by atoms with Crippen molar-refractivity contribution in [2.24, 2.45) is 0 Å². The van der Waals surface area contributed by atoms with Crippen molar-refractivity contribution in [2.45, 2.75) is 77.4 Å². The highest BCUT2D eigenvalue weighted by Crippen LogP contribution is 2.09. The van der Waals surface area contributed by atoms with Gasteiger partial charge in [0.1, 0.15) is 12.1 Å². The molecule has 5 atom stereocenters. The zero-order valence-corrected chi connectivity index (χ0v) is 27.1. The lowest BCUT2D eigenvalue weighted by Crippen LogP contribution is -2.47. The Morgan fingerprint density at radius 2 is 1.33 bits per heavy atom. The van der Waals surface area contributed by atoms with Crippen LogP contribution in [0.5, 0.6) is 0 Å². The molecule has 1 rings (SSSR count). The molecule has 4 N–H and O–H groups in total. The van der Waals surface area contributed by atoms with Crippen LogP contribution in [0.1, 0.15) is 47.0 Å².